The quantitative estimate of drug-likeness (QED) is 0.442. The molecule has 3 nitrogen and oxygen atoms in total. The number of rotatable bonds is 5. The Labute approximate surface area is 169 Å². The van der Waals surface area contributed by atoms with Crippen LogP contribution in [0.2, 0.25) is 5.02 Å². The average Bonchev–Trinajstić information content (AvgIpc) is 3.16. The lowest BCUT2D eigenvalue weighted by atomic mass is 10.0. The number of nitrogens with zero attached hydrogens (tertiary/aromatic N) is 3. The molecule has 0 atom stereocenters. The molecule has 4 rings (SSSR count). The fourth-order valence-corrected chi connectivity index (χ4v) is 3.56. The maximum Gasteiger partial charge on any atom is 0.0991 e. The highest BCUT2D eigenvalue weighted by molar-refractivity contribution is 6.33. The van der Waals surface area contributed by atoms with Crippen LogP contribution in [0.4, 0.5) is 0 Å². The molecule has 0 amide bonds. The molecular formula is C24H18ClN3. The van der Waals surface area contributed by atoms with Crippen molar-refractivity contribution in [3.63, 3.8) is 0 Å². The van der Waals surface area contributed by atoms with Crippen molar-refractivity contribution in [2.75, 3.05) is 0 Å². The summed E-state index contributed by atoms with van der Waals surface area (Å²) in [5, 5.41) is 9.68. The van der Waals surface area contributed by atoms with E-state index in [-0.39, 0.29) is 0 Å². The first-order valence-electron chi connectivity index (χ1n) is 9.05. The molecule has 1 heterocycles. The molecule has 0 N–H and O–H groups in total. The van der Waals surface area contributed by atoms with Crippen molar-refractivity contribution in [1.82, 2.24) is 9.55 Å². The van der Waals surface area contributed by atoms with Crippen molar-refractivity contribution in [3.8, 4) is 17.2 Å². The Morgan fingerprint density at radius 2 is 1.68 bits per heavy atom. The van der Waals surface area contributed by atoms with Crippen LogP contribution >= 0.6 is 11.6 Å². The van der Waals surface area contributed by atoms with Crippen molar-refractivity contribution >= 4 is 11.6 Å². The van der Waals surface area contributed by atoms with Crippen LogP contribution < -0.4 is 0 Å². The molecule has 4 heteroatoms. The highest BCUT2D eigenvalue weighted by atomic mass is 35.5. The predicted molar refractivity (Wildman–Crippen MR) is 112 cm³/mol. The van der Waals surface area contributed by atoms with E-state index in [1.54, 1.807) is 0 Å². The van der Waals surface area contributed by atoms with Gasteiger partial charge in [-0.05, 0) is 34.9 Å². The summed E-state index contributed by atoms with van der Waals surface area (Å²) in [5.74, 6) is 0. The van der Waals surface area contributed by atoms with Gasteiger partial charge in [-0.2, -0.15) is 5.26 Å². The van der Waals surface area contributed by atoms with Gasteiger partial charge in [-0.1, -0.05) is 66.2 Å². The van der Waals surface area contributed by atoms with Gasteiger partial charge in [0.05, 0.1) is 18.0 Å². The largest absolute Gasteiger partial charge is 0.330 e. The topological polar surface area (TPSA) is 41.6 Å². The van der Waals surface area contributed by atoms with Gasteiger partial charge >= 0.3 is 0 Å². The van der Waals surface area contributed by atoms with E-state index in [1.165, 1.54) is 0 Å². The summed E-state index contributed by atoms with van der Waals surface area (Å²) in [5.41, 5.74) is 6.22. The van der Waals surface area contributed by atoms with Crippen LogP contribution in [0.25, 0.3) is 11.1 Å². The number of benzene rings is 3. The molecular weight excluding hydrogens is 366 g/mol. The fraction of sp³-hybridized carbons (Fsp3) is 0.0833. The number of imidazole rings is 1. The molecule has 0 radical (unpaired) electrons. The van der Waals surface area contributed by atoms with E-state index in [2.05, 4.69) is 39.9 Å². The molecule has 0 spiro atoms. The van der Waals surface area contributed by atoms with Gasteiger partial charge in [0.25, 0.3) is 0 Å². The second kappa shape index (κ2) is 8.12. The van der Waals surface area contributed by atoms with Crippen molar-refractivity contribution in [3.05, 3.63) is 113 Å². The van der Waals surface area contributed by atoms with Crippen molar-refractivity contribution in [2.45, 2.75) is 13.0 Å². The van der Waals surface area contributed by atoms with Crippen molar-refractivity contribution < 1.29 is 0 Å². The van der Waals surface area contributed by atoms with Crippen molar-refractivity contribution in [1.29, 1.82) is 5.26 Å². The normalized spacial score (nSPS) is 10.6. The predicted octanol–water partition coefficient (Wildman–Crippen LogP) is 5.71. The zero-order chi connectivity index (χ0) is 19.3. The monoisotopic (exact) mass is 383 g/mol. The summed E-state index contributed by atoms with van der Waals surface area (Å²) < 4.78 is 2.13. The molecule has 0 fully saturated rings. The summed E-state index contributed by atoms with van der Waals surface area (Å²) in [6, 6.07) is 26.2. The van der Waals surface area contributed by atoms with Crippen LogP contribution in [0.5, 0.6) is 0 Å². The van der Waals surface area contributed by atoms with E-state index in [4.69, 9.17) is 16.9 Å². The van der Waals surface area contributed by atoms with Gasteiger partial charge in [0.1, 0.15) is 0 Å². The molecule has 0 aliphatic heterocycles. The minimum absolute atomic E-state index is 0.672. The fourth-order valence-electron chi connectivity index (χ4n) is 3.25. The van der Waals surface area contributed by atoms with E-state index in [9.17, 15) is 0 Å². The van der Waals surface area contributed by atoms with E-state index < -0.39 is 0 Å². The van der Waals surface area contributed by atoms with Gasteiger partial charge in [-0.25, -0.2) is 4.98 Å². The van der Waals surface area contributed by atoms with Crippen LogP contribution in [0.15, 0.2) is 85.3 Å². The third kappa shape index (κ3) is 3.98. The second-order valence-electron chi connectivity index (χ2n) is 6.68. The second-order valence-corrected chi connectivity index (χ2v) is 7.09. The minimum Gasteiger partial charge on any atom is -0.330 e. The number of halogens is 1. The lowest BCUT2D eigenvalue weighted by molar-refractivity contribution is 0.753. The Balaban J connectivity index is 1.53. The van der Waals surface area contributed by atoms with Gasteiger partial charge in [0.15, 0.2) is 0 Å². The first-order valence-corrected chi connectivity index (χ1v) is 9.42. The highest BCUT2D eigenvalue weighted by Crippen LogP contribution is 2.29. The number of nitriles is 1. The summed E-state index contributed by atoms with van der Waals surface area (Å²) in [6.45, 7) is 0.709. The molecule has 0 aliphatic rings. The lowest BCUT2D eigenvalue weighted by Crippen LogP contribution is -2.04. The number of hydrogen-bond acceptors (Lipinski definition) is 2. The SMILES string of the molecule is N#Cc1ccc(Cc2cncn2Cc2ccc(-c3ccccc3)c(Cl)c2)cc1. The Hall–Kier alpha value is -3.35. The molecule has 1 aromatic heterocycles. The summed E-state index contributed by atoms with van der Waals surface area (Å²) >= 11 is 6.55. The molecule has 0 saturated carbocycles. The van der Waals surface area contributed by atoms with E-state index in [1.807, 2.05) is 61.1 Å². The van der Waals surface area contributed by atoms with Crippen LogP contribution in [0.3, 0.4) is 0 Å². The maximum atomic E-state index is 8.93. The maximum absolute atomic E-state index is 8.93. The van der Waals surface area contributed by atoms with E-state index >= 15 is 0 Å². The van der Waals surface area contributed by atoms with Gasteiger partial charge < -0.3 is 4.57 Å². The van der Waals surface area contributed by atoms with Crippen LogP contribution in [-0.4, -0.2) is 9.55 Å². The third-order valence-electron chi connectivity index (χ3n) is 4.74. The van der Waals surface area contributed by atoms with Crippen LogP contribution in [0, 0.1) is 11.3 Å². The number of hydrogen-bond donors (Lipinski definition) is 0. The Morgan fingerprint density at radius 1 is 0.929 bits per heavy atom. The Morgan fingerprint density at radius 3 is 2.39 bits per heavy atom. The van der Waals surface area contributed by atoms with E-state index in [0.717, 1.165) is 39.4 Å². The molecule has 0 aliphatic carbocycles. The van der Waals surface area contributed by atoms with Crippen LogP contribution in [-0.2, 0) is 13.0 Å². The standard InChI is InChI=1S/C24H18ClN3/c25-24-13-20(10-11-23(24)21-4-2-1-3-5-21)16-28-17-27-15-22(28)12-18-6-8-19(14-26)9-7-18/h1-11,13,15,17H,12,16H2. The molecule has 3 aromatic carbocycles. The van der Waals surface area contributed by atoms with Gasteiger partial charge in [0.2, 0.25) is 0 Å². The minimum atomic E-state index is 0.672. The van der Waals surface area contributed by atoms with Crippen molar-refractivity contribution in [2.24, 2.45) is 0 Å². The van der Waals surface area contributed by atoms with Gasteiger partial charge in [-0.3, -0.25) is 0 Å². The molecule has 28 heavy (non-hydrogen) atoms. The Bertz CT molecular complexity index is 1120. The first-order chi connectivity index (χ1) is 13.7. The van der Waals surface area contributed by atoms with Gasteiger partial charge in [0, 0.05) is 35.4 Å². The third-order valence-corrected chi connectivity index (χ3v) is 5.05. The van der Waals surface area contributed by atoms with Gasteiger partial charge in [-0.15, -0.1) is 0 Å². The summed E-state index contributed by atoms with van der Waals surface area (Å²) in [4.78, 5) is 4.31. The number of aromatic nitrogens is 2. The Kier molecular flexibility index (Phi) is 5.23. The molecule has 0 bridgehead atoms. The molecule has 4 aromatic rings. The summed E-state index contributed by atoms with van der Waals surface area (Å²) in [6.07, 6.45) is 4.50. The first kappa shape index (κ1) is 18.0. The molecule has 0 unspecified atom stereocenters. The smallest absolute Gasteiger partial charge is 0.0991 e. The average molecular weight is 384 g/mol. The molecule has 0 saturated heterocycles. The summed E-state index contributed by atoms with van der Waals surface area (Å²) in [7, 11) is 0. The zero-order valence-electron chi connectivity index (χ0n) is 15.2. The van der Waals surface area contributed by atoms with E-state index in [0.29, 0.717) is 12.1 Å². The zero-order valence-corrected chi connectivity index (χ0v) is 16.0. The lowest BCUT2D eigenvalue weighted by Gasteiger charge is -2.11. The highest BCUT2D eigenvalue weighted by Gasteiger charge is 2.08. The van der Waals surface area contributed by atoms with Crippen LogP contribution in [0.1, 0.15) is 22.4 Å². The molecule has 136 valence electrons.